The molecule has 0 radical (unpaired) electrons. The van der Waals surface area contributed by atoms with Crippen molar-refractivity contribution >= 4 is 38.2 Å². The second-order valence-electron chi connectivity index (χ2n) is 8.85. The number of hydrogen-bond donors (Lipinski definition) is 3. The molecule has 1 aromatic heterocycles. The van der Waals surface area contributed by atoms with E-state index in [0.717, 1.165) is 35.4 Å². The zero-order valence-corrected chi connectivity index (χ0v) is 19.6. The molecule has 3 N–H and O–H groups in total. The van der Waals surface area contributed by atoms with Crippen LogP contribution in [0, 0.1) is 11.3 Å². The van der Waals surface area contributed by atoms with E-state index in [0.29, 0.717) is 22.7 Å². The number of anilines is 1. The number of phenolic OH excluding ortho intramolecular Hbond substituents is 1. The van der Waals surface area contributed by atoms with E-state index in [4.69, 9.17) is 4.74 Å². The van der Waals surface area contributed by atoms with E-state index in [-0.39, 0.29) is 23.2 Å². The van der Waals surface area contributed by atoms with E-state index in [2.05, 4.69) is 47.3 Å². The molecule has 5 nitrogen and oxygen atoms in total. The van der Waals surface area contributed by atoms with Crippen LogP contribution in [0.1, 0.15) is 66.6 Å². The number of aromatic hydroxyl groups is 1. The summed E-state index contributed by atoms with van der Waals surface area (Å²) in [5.41, 5.74) is 3.14. The molecular weight excluding hydrogens is 452 g/mol. The average Bonchev–Trinajstić information content (AvgIpc) is 3.02. The second kappa shape index (κ2) is 7.51. The molecule has 0 unspecified atom stereocenters. The first-order chi connectivity index (χ1) is 13.7. The number of nitrogens with one attached hydrogen (secondary N) is 2. The molecule has 1 aliphatic carbocycles. The molecule has 1 amide bonds. The predicted molar refractivity (Wildman–Crippen MR) is 120 cm³/mol. The van der Waals surface area contributed by atoms with Crippen molar-refractivity contribution in [2.75, 3.05) is 11.9 Å². The molecular formula is C22H27BrN2O3S. The van der Waals surface area contributed by atoms with Crippen molar-refractivity contribution in [2.45, 2.75) is 53.1 Å². The van der Waals surface area contributed by atoms with E-state index in [1.54, 1.807) is 17.4 Å². The Morgan fingerprint density at radius 2 is 2.07 bits per heavy atom. The van der Waals surface area contributed by atoms with Crippen molar-refractivity contribution in [3.63, 3.8) is 0 Å². The third kappa shape index (κ3) is 3.75. The van der Waals surface area contributed by atoms with Gasteiger partial charge < -0.3 is 20.5 Å². The molecule has 0 fully saturated rings. The van der Waals surface area contributed by atoms with Crippen LogP contribution in [-0.4, -0.2) is 17.6 Å². The molecule has 0 bridgehead atoms. The minimum Gasteiger partial charge on any atom is -0.503 e. The van der Waals surface area contributed by atoms with Crippen LogP contribution in [0.25, 0.3) is 0 Å². The Labute approximate surface area is 184 Å². The van der Waals surface area contributed by atoms with Crippen LogP contribution in [0.15, 0.2) is 16.6 Å². The lowest BCUT2D eigenvalue weighted by Crippen LogP contribution is -2.38. The molecule has 2 atom stereocenters. The fourth-order valence-corrected chi connectivity index (χ4v) is 6.04. The van der Waals surface area contributed by atoms with E-state index in [1.165, 1.54) is 10.4 Å². The van der Waals surface area contributed by atoms with Crippen molar-refractivity contribution < 1.29 is 14.6 Å². The van der Waals surface area contributed by atoms with Gasteiger partial charge in [-0.2, -0.15) is 0 Å². The van der Waals surface area contributed by atoms with E-state index >= 15 is 0 Å². The largest absolute Gasteiger partial charge is 0.503 e. The summed E-state index contributed by atoms with van der Waals surface area (Å²) in [6.07, 6.45) is 2.75. The molecule has 1 aromatic carbocycles. The maximum absolute atomic E-state index is 13.0. The van der Waals surface area contributed by atoms with Gasteiger partial charge in [-0.15, -0.1) is 11.3 Å². The van der Waals surface area contributed by atoms with Gasteiger partial charge >= 0.3 is 0 Å². The Bertz CT molecular complexity index is 964. The van der Waals surface area contributed by atoms with Gasteiger partial charge in [-0.05, 0) is 76.7 Å². The smallest absolute Gasteiger partial charge is 0.256 e. The van der Waals surface area contributed by atoms with Crippen LogP contribution in [-0.2, 0) is 12.8 Å². The van der Waals surface area contributed by atoms with E-state index < -0.39 is 0 Å². The van der Waals surface area contributed by atoms with E-state index in [1.807, 2.05) is 13.0 Å². The maximum atomic E-state index is 13.0. The van der Waals surface area contributed by atoms with Crippen molar-refractivity contribution in [3.05, 3.63) is 38.2 Å². The van der Waals surface area contributed by atoms with Crippen molar-refractivity contribution in [2.24, 2.45) is 11.3 Å². The number of thiophene rings is 1. The highest BCUT2D eigenvalue weighted by molar-refractivity contribution is 9.10. The molecule has 0 saturated carbocycles. The topological polar surface area (TPSA) is 70.6 Å². The summed E-state index contributed by atoms with van der Waals surface area (Å²) < 4.78 is 6.08. The van der Waals surface area contributed by atoms with Gasteiger partial charge in [0.1, 0.15) is 11.2 Å². The Kier molecular flexibility index (Phi) is 5.32. The summed E-state index contributed by atoms with van der Waals surface area (Å²) in [5, 5.41) is 17.7. The van der Waals surface area contributed by atoms with Crippen LogP contribution < -0.4 is 15.4 Å². The minimum absolute atomic E-state index is 0.0300. The highest BCUT2D eigenvalue weighted by Gasteiger charge is 2.36. The highest BCUT2D eigenvalue weighted by Crippen LogP contribution is 2.46. The van der Waals surface area contributed by atoms with E-state index in [9.17, 15) is 9.90 Å². The molecule has 4 rings (SSSR count). The number of carbonyl (C=O) groups excluding carboxylic acids is 1. The fraction of sp³-hybridized carbons (Fsp3) is 0.500. The Morgan fingerprint density at radius 1 is 1.31 bits per heavy atom. The summed E-state index contributed by atoms with van der Waals surface area (Å²) >= 11 is 5.10. The first-order valence-electron chi connectivity index (χ1n) is 10.1. The summed E-state index contributed by atoms with van der Waals surface area (Å²) in [7, 11) is 0. The number of carbonyl (C=O) groups is 1. The third-order valence-corrected chi connectivity index (χ3v) is 7.74. The van der Waals surface area contributed by atoms with Gasteiger partial charge in [0.25, 0.3) is 5.91 Å². The molecule has 2 heterocycles. The Hall–Kier alpha value is -1.73. The third-order valence-electron chi connectivity index (χ3n) is 5.95. The molecule has 7 heteroatoms. The fourth-order valence-electron chi connectivity index (χ4n) is 4.23. The van der Waals surface area contributed by atoms with Crippen molar-refractivity contribution in [3.8, 4) is 11.5 Å². The number of fused-ring (bicyclic) bond motifs is 3. The summed E-state index contributed by atoms with van der Waals surface area (Å²) in [6, 6.07) is 3.58. The number of ether oxygens (including phenoxy) is 1. The number of benzene rings is 1. The highest BCUT2D eigenvalue weighted by atomic mass is 79.9. The Morgan fingerprint density at radius 3 is 2.76 bits per heavy atom. The lowest BCUT2D eigenvalue weighted by Gasteiger charge is -2.34. The maximum Gasteiger partial charge on any atom is 0.256 e. The van der Waals surface area contributed by atoms with Gasteiger partial charge in [0.05, 0.1) is 16.6 Å². The van der Waals surface area contributed by atoms with Gasteiger partial charge in [-0.25, -0.2) is 0 Å². The van der Waals surface area contributed by atoms with Gasteiger partial charge in [-0.3, -0.25) is 4.79 Å². The average molecular weight is 479 g/mol. The van der Waals surface area contributed by atoms with Crippen LogP contribution in [0.4, 0.5) is 5.00 Å². The van der Waals surface area contributed by atoms with Gasteiger partial charge in [0.2, 0.25) is 0 Å². The van der Waals surface area contributed by atoms with Gasteiger partial charge in [-0.1, -0.05) is 20.8 Å². The van der Waals surface area contributed by atoms with Crippen LogP contribution >= 0.6 is 27.3 Å². The lowest BCUT2D eigenvalue weighted by atomic mass is 9.72. The van der Waals surface area contributed by atoms with Crippen molar-refractivity contribution in [1.29, 1.82) is 0 Å². The number of rotatable bonds is 3. The van der Waals surface area contributed by atoms with Crippen molar-refractivity contribution in [1.82, 2.24) is 5.32 Å². The number of hydrogen-bond acceptors (Lipinski definition) is 5. The summed E-state index contributed by atoms with van der Waals surface area (Å²) in [6.45, 7) is 9.22. The molecule has 29 heavy (non-hydrogen) atoms. The Balaban J connectivity index is 1.65. The molecule has 156 valence electrons. The predicted octanol–water partition coefficient (Wildman–Crippen LogP) is 5.62. The number of halogens is 1. The monoisotopic (exact) mass is 478 g/mol. The van der Waals surface area contributed by atoms with Crippen LogP contribution in [0.2, 0.25) is 0 Å². The number of phenols is 1. The quantitative estimate of drug-likeness (QED) is 0.535. The molecule has 0 spiro atoms. The zero-order valence-electron chi connectivity index (χ0n) is 17.2. The molecule has 0 saturated heterocycles. The van der Waals surface area contributed by atoms with Crippen LogP contribution in [0.5, 0.6) is 11.5 Å². The first-order valence-corrected chi connectivity index (χ1v) is 11.7. The normalized spacial score (nSPS) is 21.1. The first kappa shape index (κ1) is 20.5. The lowest BCUT2D eigenvalue weighted by molar-refractivity contribution is 0.0934. The molecule has 1 aliphatic heterocycles. The minimum atomic E-state index is -0.371. The van der Waals surface area contributed by atoms with Crippen LogP contribution in [0.3, 0.4) is 0 Å². The summed E-state index contributed by atoms with van der Waals surface area (Å²) in [5.74, 6) is 1.07. The number of amides is 1. The zero-order chi connectivity index (χ0) is 20.9. The molecule has 2 aromatic rings. The second-order valence-corrected chi connectivity index (χ2v) is 10.8. The summed E-state index contributed by atoms with van der Waals surface area (Å²) in [4.78, 5) is 14.3. The standard InChI is InChI=1S/C22H27BrN2O3S/c1-5-28-15-9-11(8-14(23)18(15)26)19-24-20(27)17-13-7-6-12(22(2,3)4)10-16(13)29-21(17)25-19/h8-9,12,19,25-26H,5-7,10H2,1-4H3,(H,24,27)/t12-,19-/m0/s1. The SMILES string of the molecule is CCOc1cc([C@H]2NC(=O)c3c(sc4c3CC[C@H](C(C)(C)C)C4)N2)cc(Br)c1O. The van der Waals surface area contributed by atoms with Gasteiger partial charge in [0.15, 0.2) is 11.5 Å². The molecule has 2 aliphatic rings. The van der Waals surface area contributed by atoms with Gasteiger partial charge in [0, 0.05) is 4.88 Å².